The zero-order valence-corrected chi connectivity index (χ0v) is 12.8. The minimum absolute atomic E-state index is 0.321. The maximum atomic E-state index is 6.25. The van der Waals surface area contributed by atoms with Gasteiger partial charge in [-0.25, -0.2) is 9.97 Å². The van der Waals surface area contributed by atoms with E-state index < -0.39 is 0 Å². The lowest BCUT2D eigenvalue weighted by atomic mass is 10.0. The highest BCUT2D eigenvalue weighted by Crippen LogP contribution is 2.26. The lowest BCUT2D eigenvalue weighted by molar-refractivity contribution is 0.810. The first-order valence-corrected chi connectivity index (χ1v) is 7.01. The summed E-state index contributed by atoms with van der Waals surface area (Å²) in [5.41, 5.74) is 2.97. The van der Waals surface area contributed by atoms with Gasteiger partial charge < -0.3 is 0 Å². The first-order chi connectivity index (χ1) is 8.99. The third kappa shape index (κ3) is 3.26. The Morgan fingerprint density at radius 1 is 1.11 bits per heavy atom. The summed E-state index contributed by atoms with van der Waals surface area (Å²) in [4.78, 5) is 8.92. The van der Waals surface area contributed by atoms with E-state index in [4.69, 9.17) is 23.2 Å². The fourth-order valence-corrected chi connectivity index (χ4v) is 2.80. The summed E-state index contributed by atoms with van der Waals surface area (Å²) in [6.07, 6.45) is 0.596. The van der Waals surface area contributed by atoms with Crippen LogP contribution in [-0.4, -0.2) is 9.97 Å². The average Bonchev–Trinajstić information content (AvgIpc) is 2.30. The Bertz CT molecular complexity index is 571. The van der Waals surface area contributed by atoms with Crippen LogP contribution >= 0.6 is 23.2 Å². The fraction of sp³-hybridized carbons (Fsp3) is 0.333. The van der Waals surface area contributed by atoms with Crippen molar-refractivity contribution < 1.29 is 0 Å². The molecular formula is C15H16Cl2N2. The molecule has 0 fully saturated rings. The second kappa shape index (κ2) is 5.89. The largest absolute Gasteiger partial charge is 0.237 e. The fourth-order valence-electron chi connectivity index (χ4n) is 2.15. The molecule has 0 bridgehead atoms. The summed E-state index contributed by atoms with van der Waals surface area (Å²) in [5.74, 6) is 1.03. The van der Waals surface area contributed by atoms with Gasteiger partial charge in [0.1, 0.15) is 11.0 Å². The van der Waals surface area contributed by atoms with Crippen LogP contribution in [0.5, 0.6) is 0 Å². The summed E-state index contributed by atoms with van der Waals surface area (Å²) in [7, 11) is 0. The van der Waals surface area contributed by atoms with Gasteiger partial charge in [0.25, 0.3) is 0 Å². The predicted octanol–water partition coefficient (Wildman–Crippen LogP) is 4.81. The Morgan fingerprint density at radius 3 is 2.37 bits per heavy atom. The van der Waals surface area contributed by atoms with Crippen LogP contribution in [-0.2, 0) is 6.42 Å². The topological polar surface area (TPSA) is 25.8 Å². The first-order valence-electron chi connectivity index (χ1n) is 6.25. The highest BCUT2D eigenvalue weighted by molar-refractivity contribution is 6.31. The van der Waals surface area contributed by atoms with Crippen molar-refractivity contribution in [2.75, 3.05) is 0 Å². The quantitative estimate of drug-likeness (QED) is 0.760. The summed E-state index contributed by atoms with van der Waals surface area (Å²) in [6, 6.07) is 7.71. The van der Waals surface area contributed by atoms with Crippen LogP contribution in [0.3, 0.4) is 0 Å². The van der Waals surface area contributed by atoms with Gasteiger partial charge in [0.2, 0.25) is 0 Å². The third-order valence-corrected chi connectivity index (χ3v) is 3.68. The molecule has 1 heterocycles. The molecule has 2 rings (SSSR count). The Kier molecular flexibility index (Phi) is 4.43. The molecule has 0 aliphatic carbocycles. The molecular weight excluding hydrogens is 279 g/mol. The molecule has 0 unspecified atom stereocenters. The molecule has 0 aliphatic rings. The molecule has 0 saturated carbocycles. The smallest absolute Gasteiger partial charge is 0.136 e. The number of nitrogens with zero attached hydrogens (tertiary/aromatic N) is 2. The summed E-state index contributed by atoms with van der Waals surface area (Å²) in [6.45, 7) is 6.15. The number of aromatic nitrogens is 2. The Hall–Kier alpha value is -1.12. The lowest BCUT2D eigenvalue weighted by Crippen LogP contribution is -2.05. The van der Waals surface area contributed by atoms with Crippen molar-refractivity contribution in [1.29, 1.82) is 0 Å². The van der Waals surface area contributed by atoms with Gasteiger partial charge in [-0.1, -0.05) is 55.2 Å². The minimum atomic E-state index is 0.321. The monoisotopic (exact) mass is 294 g/mol. The zero-order valence-electron chi connectivity index (χ0n) is 11.2. The minimum Gasteiger partial charge on any atom is -0.237 e. The van der Waals surface area contributed by atoms with E-state index in [2.05, 4.69) is 23.8 Å². The number of halogens is 2. The van der Waals surface area contributed by atoms with Gasteiger partial charge in [-0.15, -0.1) is 0 Å². The third-order valence-electron chi connectivity index (χ3n) is 3.02. The number of aryl methyl sites for hydroxylation is 1. The molecule has 2 aromatic rings. The van der Waals surface area contributed by atoms with Crippen LogP contribution in [0.2, 0.25) is 10.2 Å². The van der Waals surface area contributed by atoms with Crippen molar-refractivity contribution in [2.45, 2.75) is 33.1 Å². The zero-order chi connectivity index (χ0) is 14.0. The van der Waals surface area contributed by atoms with Gasteiger partial charge >= 0.3 is 0 Å². The van der Waals surface area contributed by atoms with Crippen molar-refractivity contribution in [3.63, 3.8) is 0 Å². The summed E-state index contributed by atoms with van der Waals surface area (Å²) < 4.78 is 0. The maximum Gasteiger partial charge on any atom is 0.136 e. The van der Waals surface area contributed by atoms with Crippen molar-refractivity contribution >= 4 is 23.2 Å². The van der Waals surface area contributed by atoms with Crippen LogP contribution in [0, 0.1) is 6.92 Å². The van der Waals surface area contributed by atoms with E-state index >= 15 is 0 Å². The molecule has 1 aromatic heterocycles. The van der Waals surface area contributed by atoms with Crippen molar-refractivity contribution in [1.82, 2.24) is 9.97 Å². The Morgan fingerprint density at radius 2 is 1.79 bits per heavy atom. The molecule has 0 N–H and O–H groups in total. The normalized spacial score (nSPS) is 11.1. The molecule has 0 amide bonds. The second-order valence-electron chi connectivity index (χ2n) is 4.85. The molecule has 2 nitrogen and oxygen atoms in total. The summed E-state index contributed by atoms with van der Waals surface area (Å²) >= 11 is 12.4. The highest BCUT2D eigenvalue weighted by Gasteiger charge is 2.13. The number of rotatable bonds is 3. The summed E-state index contributed by atoms with van der Waals surface area (Å²) in [5, 5.41) is 1.28. The number of hydrogen-bond donors (Lipinski definition) is 0. The standard InChI is InChI=1S/C15H16Cl2N2/c1-9(2)14-10(3)18-13(19-15(14)17)8-11-6-4-5-7-12(11)16/h4-7,9H,8H2,1-3H3. The van der Waals surface area contributed by atoms with E-state index in [1.165, 1.54) is 0 Å². The predicted molar refractivity (Wildman–Crippen MR) is 80.1 cm³/mol. The molecule has 19 heavy (non-hydrogen) atoms. The molecule has 1 aromatic carbocycles. The Labute approximate surface area is 123 Å². The van der Waals surface area contributed by atoms with Crippen molar-refractivity contribution in [3.8, 4) is 0 Å². The second-order valence-corrected chi connectivity index (χ2v) is 5.62. The van der Waals surface area contributed by atoms with E-state index in [9.17, 15) is 0 Å². The van der Waals surface area contributed by atoms with E-state index in [1.54, 1.807) is 0 Å². The molecule has 4 heteroatoms. The molecule has 0 atom stereocenters. The molecule has 0 aliphatic heterocycles. The molecule has 100 valence electrons. The van der Waals surface area contributed by atoms with E-state index in [1.807, 2.05) is 31.2 Å². The van der Waals surface area contributed by atoms with Gasteiger partial charge in [0.15, 0.2) is 0 Å². The Balaban J connectivity index is 2.35. The highest BCUT2D eigenvalue weighted by atomic mass is 35.5. The van der Waals surface area contributed by atoms with E-state index in [0.717, 1.165) is 21.8 Å². The average molecular weight is 295 g/mol. The van der Waals surface area contributed by atoms with E-state index in [-0.39, 0.29) is 0 Å². The van der Waals surface area contributed by atoms with Crippen LogP contribution in [0.1, 0.15) is 42.4 Å². The van der Waals surface area contributed by atoms with E-state index in [0.29, 0.717) is 23.3 Å². The first kappa shape index (κ1) is 14.3. The van der Waals surface area contributed by atoms with Gasteiger partial charge in [-0.2, -0.15) is 0 Å². The SMILES string of the molecule is Cc1nc(Cc2ccccc2Cl)nc(Cl)c1C(C)C. The van der Waals surface area contributed by atoms with Crippen LogP contribution in [0.4, 0.5) is 0 Å². The van der Waals surface area contributed by atoms with Gasteiger partial charge in [0, 0.05) is 22.7 Å². The number of hydrogen-bond acceptors (Lipinski definition) is 2. The van der Waals surface area contributed by atoms with Crippen LogP contribution in [0.15, 0.2) is 24.3 Å². The van der Waals surface area contributed by atoms with Crippen LogP contribution < -0.4 is 0 Å². The lowest BCUT2D eigenvalue weighted by Gasteiger charge is -2.12. The molecule has 0 radical (unpaired) electrons. The number of benzene rings is 1. The van der Waals surface area contributed by atoms with Gasteiger partial charge in [-0.05, 0) is 24.5 Å². The molecule has 0 spiro atoms. The van der Waals surface area contributed by atoms with Crippen molar-refractivity contribution in [3.05, 3.63) is 57.1 Å². The van der Waals surface area contributed by atoms with Crippen LogP contribution in [0.25, 0.3) is 0 Å². The molecule has 0 saturated heterocycles. The maximum absolute atomic E-state index is 6.25. The van der Waals surface area contributed by atoms with Gasteiger partial charge in [0.05, 0.1) is 0 Å². The van der Waals surface area contributed by atoms with Gasteiger partial charge in [-0.3, -0.25) is 0 Å². The van der Waals surface area contributed by atoms with Crippen molar-refractivity contribution in [2.24, 2.45) is 0 Å².